The minimum Gasteiger partial charge on any atom is -0.496 e. The van der Waals surface area contributed by atoms with Gasteiger partial charge in [-0.05, 0) is 51.8 Å². The first kappa shape index (κ1) is 23.4. The lowest BCUT2D eigenvalue weighted by molar-refractivity contribution is 0.0203. The van der Waals surface area contributed by atoms with Crippen molar-refractivity contribution in [3.63, 3.8) is 0 Å². The van der Waals surface area contributed by atoms with Crippen molar-refractivity contribution >= 4 is 12.1 Å². The van der Waals surface area contributed by atoms with Crippen molar-refractivity contribution in [1.82, 2.24) is 9.88 Å². The lowest BCUT2D eigenvalue weighted by Gasteiger charge is -2.33. The molecule has 8 heteroatoms. The van der Waals surface area contributed by atoms with Crippen LogP contribution in [-0.4, -0.2) is 52.9 Å². The van der Waals surface area contributed by atoms with Crippen molar-refractivity contribution in [1.29, 1.82) is 0 Å². The molecule has 1 amide bonds. The van der Waals surface area contributed by atoms with Gasteiger partial charge in [-0.1, -0.05) is 12.1 Å². The summed E-state index contributed by atoms with van der Waals surface area (Å²) < 4.78 is 16.6. The number of carboxylic acid groups (broad SMARTS) is 1. The van der Waals surface area contributed by atoms with Gasteiger partial charge in [-0.15, -0.1) is 0 Å². The first-order valence-corrected chi connectivity index (χ1v) is 10.6. The molecule has 0 atom stereocenters. The number of aromatic nitrogens is 1. The first-order chi connectivity index (χ1) is 15.2. The third-order valence-corrected chi connectivity index (χ3v) is 5.26. The van der Waals surface area contributed by atoms with Gasteiger partial charge in [-0.3, -0.25) is 0 Å². The number of carboxylic acids is 1. The normalized spacial score (nSPS) is 14.7. The second-order valence-electron chi connectivity index (χ2n) is 8.72. The highest BCUT2D eigenvalue weighted by molar-refractivity contribution is 5.90. The van der Waals surface area contributed by atoms with Crippen molar-refractivity contribution in [3.05, 3.63) is 53.2 Å². The van der Waals surface area contributed by atoms with E-state index in [1.54, 1.807) is 23.1 Å². The number of aromatic carboxylic acids is 1. The number of carbonyl (C=O) groups is 2. The average molecular weight is 443 g/mol. The zero-order valence-corrected chi connectivity index (χ0v) is 19.0. The number of hydrogen-bond donors (Lipinski definition) is 1. The van der Waals surface area contributed by atoms with Gasteiger partial charge in [0.05, 0.1) is 12.7 Å². The van der Waals surface area contributed by atoms with Crippen LogP contribution < -0.4 is 9.47 Å². The number of pyridine rings is 1. The number of ether oxygens (including phenoxy) is 3. The molecule has 2 heterocycles. The largest absolute Gasteiger partial charge is 0.496 e. The van der Waals surface area contributed by atoms with E-state index in [0.717, 1.165) is 18.5 Å². The Morgan fingerprint density at radius 1 is 1.12 bits per heavy atom. The van der Waals surface area contributed by atoms with Crippen LogP contribution in [0.15, 0.2) is 36.4 Å². The van der Waals surface area contributed by atoms with Crippen LogP contribution in [0.1, 0.15) is 61.1 Å². The molecule has 32 heavy (non-hydrogen) atoms. The molecule has 1 aromatic heterocycles. The second kappa shape index (κ2) is 9.89. The highest BCUT2D eigenvalue weighted by Crippen LogP contribution is 2.29. The molecule has 0 aliphatic carbocycles. The van der Waals surface area contributed by atoms with Crippen molar-refractivity contribution in [2.45, 2.75) is 51.7 Å². The summed E-state index contributed by atoms with van der Waals surface area (Å²) in [6.07, 6.45) is 1.28. The zero-order chi connectivity index (χ0) is 23.3. The molecule has 8 nitrogen and oxygen atoms in total. The summed E-state index contributed by atoms with van der Waals surface area (Å²) in [5.41, 5.74) is 0.975. The van der Waals surface area contributed by atoms with Crippen LogP contribution >= 0.6 is 0 Å². The molecule has 1 aliphatic heterocycles. The SMILES string of the molecule is COc1cccc(C(=O)O)c1COc1cccc(C2CCN(C(=O)OC(C)(C)C)CC2)n1. The number of likely N-dealkylation sites (tertiary alicyclic amines) is 1. The van der Waals surface area contributed by atoms with Gasteiger partial charge < -0.3 is 24.2 Å². The molecule has 1 fully saturated rings. The van der Waals surface area contributed by atoms with Crippen molar-refractivity contribution in [2.24, 2.45) is 0 Å². The van der Waals surface area contributed by atoms with E-state index in [4.69, 9.17) is 14.2 Å². The maximum atomic E-state index is 12.3. The molecule has 2 aromatic rings. The van der Waals surface area contributed by atoms with Crippen molar-refractivity contribution in [3.8, 4) is 11.6 Å². The summed E-state index contributed by atoms with van der Waals surface area (Å²) in [6.45, 7) is 6.82. The van der Waals surface area contributed by atoms with Gasteiger partial charge in [-0.25, -0.2) is 14.6 Å². The molecule has 3 rings (SSSR count). The van der Waals surface area contributed by atoms with Crippen LogP contribution in [0.3, 0.4) is 0 Å². The van der Waals surface area contributed by atoms with E-state index in [0.29, 0.717) is 30.3 Å². The monoisotopic (exact) mass is 442 g/mol. The van der Waals surface area contributed by atoms with E-state index >= 15 is 0 Å². The molecule has 0 bridgehead atoms. The van der Waals surface area contributed by atoms with Gasteiger partial charge in [0, 0.05) is 36.3 Å². The summed E-state index contributed by atoms with van der Waals surface area (Å²) in [4.78, 5) is 30.2. The van der Waals surface area contributed by atoms with Crippen LogP contribution in [0, 0.1) is 0 Å². The molecule has 1 saturated heterocycles. The number of benzene rings is 1. The van der Waals surface area contributed by atoms with Crippen LogP contribution in [0.5, 0.6) is 11.6 Å². The number of methoxy groups -OCH3 is 1. The molecule has 1 N–H and O–H groups in total. The third-order valence-electron chi connectivity index (χ3n) is 5.26. The summed E-state index contributed by atoms with van der Waals surface area (Å²) in [5, 5.41) is 9.46. The number of carbonyl (C=O) groups excluding carboxylic acids is 1. The Hall–Kier alpha value is -3.29. The Morgan fingerprint density at radius 2 is 1.81 bits per heavy atom. The van der Waals surface area contributed by atoms with E-state index in [9.17, 15) is 14.7 Å². The maximum Gasteiger partial charge on any atom is 0.410 e. The van der Waals surface area contributed by atoms with E-state index in [1.165, 1.54) is 13.2 Å². The van der Waals surface area contributed by atoms with Gasteiger partial charge >= 0.3 is 12.1 Å². The Labute approximate surface area is 188 Å². The second-order valence-corrected chi connectivity index (χ2v) is 8.72. The Bertz CT molecular complexity index is 961. The molecule has 1 aromatic carbocycles. The summed E-state index contributed by atoms with van der Waals surface area (Å²) in [5.74, 6) is 0.0360. The Kier molecular flexibility index (Phi) is 7.22. The van der Waals surface area contributed by atoms with Gasteiger partial charge in [0.2, 0.25) is 5.88 Å². The lowest BCUT2D eigenvalue weighted by atomic mass is 9.93. The van der Waals surface area contributed by atoms with Crippen LogP contribution in [0.2, 0.25) is 0 Å². The number of piperidine rings is 1. The fourth-order valence-corrected chi connectivity index (χ4v) is 3.68. The molecular weight excluding hydrogens is 412 g/mol. The first-order valence-electron chi connectivity index (χ1n) is 10.6. The smallest absolute Gasteiger partial charge is 0.410 e. The third kappa shape index (κ3) is 5.90. The van der Waals surface area contributed by atoms with Crippen molar-refractivity contribution < 1.29 is 28.9 Å². The summed E-state index contributed by atoms with van der Waals surface area (Å²) in [7, 11) is 1.49. The van der Waals surface area contributed by atoms with Gasteiger partial charge in [-0.2, -0.15) is 0 Å². The van der Waals surface area contributed by atoms with Gasteiger partial charge in [0.1, 0.15) is 18.0 Å². The molecule has 0 spiro atoms. The Morgan fingerprint density at radius 3 is 2.44 bits per heavy atom. The lowest BCUT2D eigenvalue weighted by Crippen LogP contribution is -2.41. The average Bonchev–Trinajstić information content (AvgIpc) is 2.76. The molecule has 0 radical (unpaired) electrons. The van der Waals surface area contributed by atoms with E-state index in [2.05, 4.69) is 4.98 Å². The van der Waals surface area contributed by atoms with Gasteiger partial charge in [0.25, 0.3) is 0 Å². The molecular formula is C24H30N2O6. The summed E-state index contributed by atoms with van der Waals surface area (Å²) in [6, 6.07) is 10.4. The minimum absolute atomic E-state index is 0.0270. The van der Waals surface area contributed by atoms with Crippen LogP contribution in [-0.2, 0) is 11.3 Å². The fourth-order valence-electron chi connectivity index (χ4n) is 3.68. The number of nitrogens with zero attached hydrogens (tertiary/aromatic N) is 2. The topological polar surface area (TPSA) is 98.2 Å². The molecule has 172 valence electrons. The maximum absolute atomic E-state index is 12.3. The number of hydrogen-bond acceptors (Lipinski definition) is 6. The zero-order valence-electron chi connectivity index (χ0n) is 19.0. The van der Waals surface area contributed by atoms with Gasteiger partial charge in [0.15, 0.2) is 0 Å². The number of rotatable bonds is 6. The fraction of sp³-hybridized carbons (Fsp3) is 0.458. The highest BCUT2D eigenvalue weighted by atomic mass is 16.6. The van der Waals surface area contributed by atoms with E-state index in [-0.39, 0.29) is 24.2 Å². The molecule has 0 unspecified atom stereocenters. The molecule has 0 saturated carbocycles. The van der Waals surface area contributed by atoms with Crippen LogP contribution in [0.4, 0.5) is 4.79 Å². The van der Waals surface area contributed by atoms with E-state index < -0.39 is 11.6 Å². The Balaban J connectivity index is 1.64. The number of amides is 1. The predicted molar refractivity (Wildman–Crippen MR) is 118 cm³/mol. The quantitative estimate of drug-likeness (QED) is 0.704. The van der Waals surface area contributed by atoms with Crippen molar-refractivity contribution in [2.75, 3.05) is 20.2 Å². The predicted octanol–water partition coefficient (Wildman–Crippen LogP) is 4.48. The summed E-state index contributed by atoms with van der Waals surface area (Å²) >= 11 is 0. The highest BCUT2D eigenvalue weighted by Gasteiger charge is 2.28. The standard InChI is InChI=1S/C24H30N2O6/c1-24(2,3)32-23(29)26-13-11-16(12-14-26)19-8-6-10-21(25-19)31-15-18-17(22(27)28)7-5-9-20(18)30-4/h5-10,16H,11-15H2,1-4H3,(H,27,28). The van der Waals surface area contributed by atoms with Crippen LogP contribution in [0.25, 0.3) is 0 Å². The van der Waals surface area contributed by atoms with E-state index in [1.807, 2.05) is 32.9 Å². The molecule has 1 aliphatic rings. The minimum atomic E-state index is -1.04.